The van der Waals surface area contributed by atoms with Crippen molar-refractivity contribution < 1.29 is 4.79 Å². The fraction of sp³-hybridized carbons (Fsp3) is 0.417. The highest BCUT2D eigenvalue weighted by atomic mass is 16.2. The number of carbonyl (C=O) groups excluding carboxylic acids is 1. The van der Waals surface area contributed by atoms with Crippen molar-refractivity contribution in [1.29, 1.82) is 0 Å². The molecule has 0 saturated carbocycles. The van der Waals surface area contributed by atoms with E-state index in [1.54, 1.807) is 16.7 Å². The lowest BCUT2D eigenvalue weighted by atomic mass is 10.1. The second-order valence-electron chi connectivity index (χ2n) is 8.83. The van der Waals surface area contributed by atoms with E-state index >= 15 is 0 Å². The lowest BCUT2D eigenvalue weighted by molar-refractivity contribution is -0.120. The van der Waals surface area contributed by atoms with E-state index in [-0.39, 0.29) is 17.4 Å². The van der Waals surface area contributed by atoms with Crippen molar-refractivity contribution in [2.45, 2.75) is 58.5 Å². The van der Waals surface area contributed by atoms with Crippen LogP contribution < -0.4 is 32.9 Å². The summed E-state index contributed by atoms with van der Waals surface area (Å²) < 4.78 is 3.65. The smallest absolute Gasteiger partial charge is 0.261 e. The zero-order chi connectivity index (χ0) is 24.9. The van der Waals surface area contributed by atoms with E-state index in [4.69, 9.17) is 16.6 Å². The van der Waals surface area contributed by atoms with Crippen molar-refractivity contribution in [3.8, 4) is 11.3 Å². The molecule has 0 bridgehead atoms. The monoisotopic (exact) mass is 479 g/mol. The number of fused-ring (bicyclic) bond motifs is 1. The molecule has 3 heterocycles. The van der Waals surface area contributed by atoms with Crippen LogP contribution in [0, 0.1) is 6.92 Å². The summed E-state index contributed by atoms with van der Waals surface area (Å²) in [7, 11) is 0. The number of guanidine groups is 1. The van der Waals surface area contributed by atoms with Gasteiger partial charge in [0.2, 0.25) is 17.6 Å². The van der Waals surface area contributed by atoms with Crippen LogP contribution in [0.25, 0.3) is 17.0 Å². The Morgan fingerprint density at radius 1 is 1.26 bits per heavy atom. The second-order valence-corrected chi connectivity index (χ2v) is 8.83. The lowest BCUT2D eigenvalue weighted by Gasteiger charge is -2.28. The summed E-state index contributed by atoms with van der Waals surface area (Å²) in [6.45, 7) is 5.50. The summed E-state index contributed by atoms with van der Waals surface area (Å²) in [4.78, 5) is 33.0. The first-order valence-corrected chi connectivity index (χ1v) is 12.0. The Morgan fingerprint density at radius 3 is 2.74 bits per heavy atom. The van der Waals surface area contributed by atoms with Gasteiger partial charge < -0.3 is 10.6 Å². The van der Waals surface area contributed by atoms with Crippen molar-refractivity contribution in [2.75, 3.05) is 11.4 Å². The number of hydrogen-bond donors (Lipinski definition) is 4. The second kappa shape index (κ2) is 10.6. The number of nitrogens with two attached hydrogens (primary N) is 2. The maximum atomic E-state index is 13.2. The van der Waals surface area contributed by atoms with Crippen molar-refractivity contribution >= 4 is 23.5 Å². The first kappa shape index (κ1) is 24.3. The third-order valence-electron chi connectivity index (χ3n) is 6.31. The number of aryl methyl sites for hydroxylation is 2. The molecule has 3 aromatic rings. The summed E-state index contributed by atoms with van der Waals surface area (Å²) in [5.41, 5.74) is 10.4. The van der Waals surface area contributed by atoms with Gasteiger partial charge in [0.15, 0.2) is 0 Å². The number of hydrazine groups is 1. The molecule has 1 aromatic carbocycles. The summed E-state index contributed by atoms with van der Waals surface area (Å²) in [5.74, 6) is 5.99. The van der Waals surface area contributed by atoms with Gasteiger partial charge in [0.25, 0.3) is 5.56 Å². The van der Waals surface area contributed by atoms with Crippen LogP contribution in [-0.4, -0.2) is 38.4 Å². The van der Waals surface area contributed by atoms with E-state index < -0.39 is 6.04 Å². The molecule has 1 aliphatic rings. The molecule has 11 nitrogen and oxygen atoms in total. The minimum absolute atomic E-state index is 0.115. The Labute approximate surface area is 203 Å². The summed E-state index contributed by atoms with van der Waals surface area (Å²) >= 11 is 0. The molecule has 1 saturated heterocycles. The van der Waals surface area contributed by atoms with E-state index in [0.29, 0.717) is 31.1 Å². The van der Waals surface area contributed by atoms with Crippen molar-refractivity contribution in [1.82, 2.24) is 24.8 Å². The van der Waals surface area contributed by atoms with Gasteiger partial charge in [-0.1, -0.05) is 49.6 Å². The van der Waals surface area contributed by atoms with Crippen molar-refractivity contribution in [2.24, 2.45) is 16.7 Å². The average molecular weight is 480 g/mol. The van der Waals surface area contributed by atoms with Crippen LogP contribution in [0.4, 0.5) is 5.82 Å². The van der Waals surface area contributed by atoms with E-state index in [0.717, 1.165) is 42.5 Å². The van der Waals surface area contributed by atoms with Gasteiger partial charge in [0, 0.05) is 30.9 Å². The number of hydrogen-bond acceptors (Lipinski definition) is 7. The molecule has 0 spiro atoms. The predicted octanol–water partition coefficient (Wildman–Crippen LogP) is 1.44. The van der Waals surface area contributed by atoms with Crippen LogP contribution in [0.2, 0.25) is 0 Å². The zero-order valence-electron chi connectivity index (χ0n) is 20.2. The minimum Gasteiger partial charge on any atom is -0.368 e. The normalized spacial score (nSPS) is 16.1. The number of benzene rings is 1. The van der Waals surface area contributed by atoms with E-state index in [1.165, 1.54) is 0 Å². The van der Waals surface area contributed by atoms with Crippen LogP contribution in [-0.2, 0) is 11.3 Å². The van der Waals surface area contributed by atoms with Gasteiger partial charge in [0.05, 0.1) is 5.69 Å². The maximum Gasteiger partial charge on any atom is 0.261 e. The fourth-order valence-electron chi connectivity index (χ4n) is 4.54. The van der Waals surface area contributed by atoms with Gasteiger partial charge in [0.1, 0.15) is 11.9 Å². The van der Waals surface area contributed by atoms with E-state index in [9.17, 15) is 9.59 Å². The molecule has 0 radical (unpaired) electrons. The van der Waals surface area contributed by atoms with Gasteiger partial charge in [-0.05, 0) is 26.2 Å². The van der Waals surface area contributed by atoms with Crippen LogP contribution in [0.15, 0.2) is 46.4 Å². The largest absolute Gasteiger partial charge is 0.368 e. The first-order chi connectivity index (χ1) is 16.9. The third-order valence-corrected chi connectivity index (χ3v) is 6.31. The van der Waals surface area contributed by atoms with Crippen LogP contribution in [0.3, 0.4) is 0 Å². The summed E-state index contributed by atoms with van der Waals surface area (Å²) in [5, 5.41) is 6.17. The van der Waals surface area contributed by atoms with Crippen molar-refractivity contribution in [3.05, 3.63) is 52.4 Å². The molecule has 186 valence electrons. The number of anilines is 1. The molecule has 1 atom stereocenters. The number of carbonyl (C=O) groups is 1. The molecular weight excluding hydrogens is 446 g/mol. The Morgan fingerprint density at radius 2 is 2.03 bits per heavy atom. The number of imidazole rings is 1. The Hall–Kier alpha value is -3.86. The Balaban J connectivity index is 1.78. The highest BCUT2D eigenvalue weighted by Gasteiger charge is 2.33. The first-order valence-electron chi connectivity index (χ1n) is 12.0. The Bertz CT molecular complexity index is 1280. The lowest BCUT2D eigenvalue weighted by Crippen LogP contribution is -2.49. The molecule has 0 aliphatic carbocycles. The SMILES string of the molecule is CCCCCn1c(N2CCCC2C(=O)N/C(N)=N/NN)cc(=O)n2cc(-c3ccc(C)cc3)nc12. The average Bonchev–Trinajstić information content (AvgIpc) is 3.49. The molecule has 4 rings (SSSR count). The number of amides is 1. The van der Waals surface area contributed by atoms with Gasteiger partial charge >= 0.3 is 0 Å². The van der Waals surface area contributed by atoms with E-state index in [2.05, 4.69) is 27.4 Å². The van der Waals surface area contributed by atoms with E-state index in [1.807, 2.05) is 36.1 Å². The van der Waals surface area contributed by atoms with Gasteiger partial charge in [-0.3, -0.25) is 23.9 Å². The van der Waals surface area contributed by atoms with Crippen molar-refractivity contribution in [3.63, 3.8) is 0 Å². The molecule has 11 heteroatoms. The Kier molecular flexibility index (Phi) is 7.35. The number of nitrogens with zero attached hydrogens (tertiary/aromatic N) is 5. The van der Waals surface area contributed by atoms with Crippen LogP contribution in [0.5, 0.6) is 0 Å². The maximum absolute atomic E-state index is 13.2. The van der Waals surface area contributed by atoms with Crippen LogP contribution >= 0.6 is 0 Å². The highest BCUT2D eigenvalue weighted by Crippen LogP contribution is 2.28. The molecule has 1 aliphatic heterocycles. The molecular formula is C24H33N9O2. The van der Waals surface area contributed by atoms with Gasteiger partial charge in [-0.15, -0.1) is 5.10 Å². The number of unbranched alkanes of at least 4 members (excludes halogenated alkanes) is 2. The fourth-order valence-corrected chi connectivity index (χ4v) is 4.54. The molecule has 1 unspecified atom stereocenters. The molecule has 1 fully saturated rings. The molecule has 2 aromatic heterocycles. The number of nitrogens with one attached hydrogen (secondary N) is 2. The van der Waals surface area contributed by atoms with Gasteiger partial charge in [-0.2, -0.15) is 0 Å². The third kappa shape index (κ3) is 5.14. The quantitative estimate of drug-likeness (QED) is 0.126. The molecule has 6 N–H and O–H groups in total. The predicted molar refractivity (Wildman–Crippen MR) is 137 cm³/mol. The summed E-state index contributed by atoms with van der Waals surface area (Å²) in [6.07, 6.45) is 6.27. The number of hydrazone groups is 1. The number of aromatic nitrogens is 3. The van der Waals surface area contributed by atoms with Gasteiger partial charge in [-0.25, -0.2) is 16.4 Å². The highest BCUT2D eigenvalue weighted by molar-refractivity contribution is 6.00. The molecule has 35 heavy (non-hydrogen) atoms. The topological polar surface area (TPSA) is 148 Å². The number of rotatable bonds is 8. The zero-order valence-corrected chi connectivity index (χ0v) is 20.2. The standard InChI is InChI=1S/C24H33N9O2/c1-3-4-5-12-32-20(31-13-6-7-19(31)22(35)28-23(25)29-30-26)14-21(34)33-15-18(27-24(32)33)17-10-8-16(2)9-11-17/h8-11,14-15,19,30H,3-7,12-13,26H2,1-2H3,(H3,25,28,29,35). The minimum atomic E-state index is -0.493. The van der Waals surface area contributed by atoms with Crippen LogP contribution in [0.1, 0.15) is 44.6 Å². The molecule has 1 amide bonds. The summed E-state index contributed by atoms with van der Waals surface area (Å²) in [6, 6.07) is 9.18.